The lowest BCUT2D eigenvalue weighted by atomic mass is 10.1. The smallest absolute Gasteiger partial charge is 0.259 e. The first-order valence-corrected chi connectivity index (χ1v) is 7.79. The topological polar surface area (TPSA) is 94.3 Å². The second kappa shape index (κ2) is 7.04. The Bertz CT molecular complexity index is 821. The summed E-state index contributed by atoms with van der Waals surface area (Å²) < 4.78 is 10.5. The highest BCUT2D eigenvalue weighted by Gasteiger charge is 2.24. The van der Waals surface area contributed by atoms with E-state index in [1.165, 1.54) is 5.56 Å². The summed E-state index contributed by atoms with van der Waals surface area (Å²) >= 11 is 0. The number of nitrogens with two attached hydrogens (primary N) is 1. The Morgan fingerprint density at radius 2 is 2.00 bits per heavy atom. The highest BCUT2D eigenvalue weighted by atomic mass is 16.5. The Labute approximate surface area is 139 Å². The molecule has 3 rings (SSSR count). The van der Waals surface area contributed by atoms with E-state index in [4.69, 9.17) is 14.7 Å². The second-order valence-corrected chi connectivity index (χ2v) is 5.53. The first kappa shape index (κ1) is 15.9. The first-order chi connectivity index (χ1) is 11.6. The van der Waals surface area contributed by atoms with Crippen molar-refractivity contribution >= 4 is 11.8 Å². The lowest BCUT2D eigenvalue weighted by molar-refractivity contribution is 0.0954. The van der Waals surface area contributed by atoms with Crippen molar-refractivity contribution < 1.29 is 13.7 Å². The molecule has 124 valence electrons. The fourth-order valence-corrected chi connectivity index (χ4v) is 2.48. The van der Waals surface area contributed by atoms with Crippen LogP contribution in [0, 0.1) is 6.92 Å². The van der Waals surface area contributed by atoms with Crippen LogP contribution < -0.4 is 11.1 Å². The van der Waals surface area contributed by atoms with Crippen LogP contribution in [0.15, 0.2) is 51.4 Å². The zero-order chi connectivity index (χ0) is 16.9. The predicted octanol–water partition coefficient (Wildman–Crippen LogP) is 3.19. The standard InChI is InChI=1S/C18H19N3O3/c1-12-9-10-14(23-12)16-15(17(19)24-21-16)18(22)20-11-5-8-13-6-3-2-4-7-13/h2-4,6-7,9-10H,5,8,11,19H2,1H3,(H,20,22). The Morgan fingerprint density at radius 3 is 2.71 bits per heavy atom. The van der Waals surface area contributed by atoms with Crippen LogP contribution in [-0.4, -0.2) is 17.6 Å². The molecule has 0 saturated heterocycles. The molecule has 0 bridgehead atoms. The largest absolute Gasteiger partial charge is 0.460 e. The number of aromatic nitrogens is 1. The third-order valence-corrected chi connectivity index (χ3v) is 3.69. The van der Waals surface area contributed by atoms with Gasteiger partial charge in [0, 0.05) is 6.54 Å². The van der Waals surface area contributed by atoms with E-state index in [9.17, 15) is 4.79 Å². The van der Waals surface area contributed by atoms with Crippen molar-refractivity contribution in [3.8, 4) is 11.5 Å². The summed E-state index contributed by atoms with van der Waals surface area (Å²) in [6, 6.07) is 13.7. The van der Waals surface area contributed by atoms with Gasteiger partial charge >= 0.3 is 0 Å². The maximum atomic E-state index is 12.4. The molecule has 3 aromatic rings. The summed E-state index contributed by atoms with van der Waals surface area (Å²) in [4.78, 5) is 12.4. The van der Waals surface area contributed by atoms with Gasteiger partial charge < -0.3 is 20.0 Å². The molecule has 0 unspecified atom stereocenters. The fourth-order valence-electron chi connectivity index (χ4n) is 2.48. The number of carbonyl (C=O) groups is 1. The molecule has 3 N–H and O–H groups in total. The lowest BCUT2D eigenvalue weighted by Crippen LogP contribution is -2.25. The van der Waals surface area contributed by atoms with Gasteiger partial charge in [-0.05, 0) is 37.5 Å². The van der Waals surface area contributed by atoms with E-state index in [0.29, 0.717) is 18.0 Å². The number of nitrogens with zero attached hydrogens (tertiary/aromatic N) is 1. The molecule has 2 aromatic heterocycles. The third kappa shape index (κ3) is 3.48. The minimum atomic E-state index is -0.314. The van der Waals surface area contributed by atoms with E-state index in [1.54, 1.807) is 12.1 Å². The van der Waals surface area contributed by atoms with Crippen LogP contribution >= 0.6 is 0 Å². The summed E-state index contributed by atoms with van der Waals surface area (Å²) in [5.41, 5.74) is 7.52. The number of aryl methyl sites for hydroxylation is 2. The molecule has 0 aliphatic rings. The van der Waals surface area contributed by atoms with Gasteiger partial charge in [-0.15, -0.1) is 0 Å². The number of hydrogen-bond donors (Lipinski definition) is 2. The van der Waals surface area contributed by atoms with Crippen molar-refractivity contribution in [2.24, 2.45) is 0 Å². The normalized spacial score (nSPS) is 10.7. The molecule has 6 nitrogen and oxygen atoms in total. The van der Waals surface area contributed by atoms with Gasteiger partial charge in [0.15, 0.2) is 11.5 Å². The molecule has 0 fully saturated rings. The van der Waals surface area contributed by atoms with Crippen molar-refractivity contribution in [2.75, 3.05) is 12.3 Å². The van der Waals surface area contributed by atoms with Gasteiger partial charge in [-0.2, -0.15) is 0 Å². The quantitative estimate of drug-likeness (QED) is 0.679. The van der Waals surface area contributed by atoms with Crippen molar-refractivity contribution in [2.45, 2.75) is 19.8 Å². The zero-order valence-electron chi connectivity index (χ0n) is 13.4. The fraction of sp³-hybridized carbons (Fsp3) is 0.222. The average molecular weight is 325 g/mol. The highest BCUT2D eigenvalue weighted by Crippen LogP contribution is 2.28. The minimum Gasteiger partial charge on any atom is -0.460 e. The zero-order valence-corrected chi connectivity index (χ0v) is 13.4. The summed E-state index contributed by atoms with van der Waals surface area (Å²) in [7, 11) is 0. The molecule has 0 saturated carbocycles. The molecule has 24 heavy (non-hydrogen) atoms. The minimum absolute atomic E-state index is 0.0142. The van der Waals surface area contributed by atoms with Gasteiger partial charge in [0.25, 0.3) is 5.91 Å². The monoisotopic (exact) mass is 325 g/mol. The Morgan fingerprint density at radius 1 is 1.21 bits per heavy atom. The van der Waals surface area contributed by atoms with E-state index in [0.717, 1.165) is 18.6 Å². The van der Waals surface area contributed by atoms with Crippen molar-refractivity contribution in [1.29, 1.82) is 0 Å². The highest BCUT2D eigenvalue weighted by molar-refractivity contribution is 6.03. The number of amides is 1. The van der Waals surface area contributed by atoms with Gasteiger partial charge in [0.1, 0.15) is 11.3 Å². The molecule has 0 spiro atoms. The second-order valence-electron chi connectivity index (χ2n) is 5.53. The van der Waals surface area contributed by atoms with Gasteiger partial charge in [-0.1, -0.05) is 35.5 Å². The molecule has 1 amide bonds. The van der Waals surface area contributed by atoms with Crippen LogP contribution in [0.4, 0.5) is 5.88 Å². The maximum absolute atomic E-state index is 12.4. The van der Waals surface area contributed by atoms with Crippen LogP contribution in [0.25, 0.3) is 11.5 Å². The molecule has 1 aromatic carbocycles. The van der Waals surface area contributed by atoms with E-state index in [2.05, 4.69) is 22.6 Å². The van der Waals surface area contributed by atoms with Gasteiger partial charge in [0.05, 0.1) is 0 Å². The Kier molecular flexibility index (Phi) is 4.65. The van der Waals surface area contributed by atoms with Crippen LogP contribution in [0.1, 0.15) is 28.1 Å². The molecule has 0 atom stereocenters. The molecule has 0 aliphatic heterocycles. The van der Waals surface area contributed by atoms with E-state index in [-0.39, 0.29) is 17.4 Å². The lowest BCUT2D eigenvalue weighted by Gasteiger charge is -2.05. The van der Waals surface area contributed by atoms with E-state index < -0.39 is 0 Å². The average Bonchev–Trinajstić information content (AvgIpc) is 3.18. The number of nitrogens with one attached hydrogen (secondary N) is 1. The number of anilines is 1. The summed E-state index contributed by atoms with van der Waals surface area (Å²) in [6.07, 6.45) is 1.72. The molecule has 0 radical (unpaired) electrons. The van der Waals surface area contributed by atoms with Gasteiger partial charge in [0.2, 0.25) is 5.88 Å². The molecule has 2 heterocycles. The third-order valence-electron chi connectivity index (χ3n) is 3.69. The summed E-state index contributed by atoms with van der Waals surface area (Å²) in [5, 5.41) is 6.69. The maximum Gasteiger partial charge on any atom is 0.259 e. The van der Waals surface area contributed by atoms with E-state index >= 15 is 0 Å². The number of rotatable bonds is 6. The van der Waals surface area contributed by atoms with Gasteiger partial charge in [-0.25, -0.2) is 0 Å². The van der Waals surface area contributed by atoms with Crippen LogP contribution in [0.5, 0.6) is 0 Å². The number of carbonyl (C=O) groups excluding carboxylic acids is 1. The Hall–Kier alpha value is -3.02. The first-order valence-electron chi connectivity index (χ1n) is 7.79. The van der Waals surface area contributed by atoms with Crippen LogP contribution in [-0.2, 0) is 6.42 Å². The SMILES string of the molecule is Cc1ccc(-c2noc(N)c2C(=O)NCCCc2ccccc2)o1. The Balaban J connectivity index is 1.62. The predicted molar refractivity (Wildman–Crippen MR) is 90.5 cm³/mol. The van der Waals surface area contributed by atoms with Gasteiger partial charge in [-0.3, -0.25) is 4.79 Å². The number of benzene rings is 1. The number of furan rings is 1. The van der Waals surface area contributed by atoms with E-state index in [1.807, 2.05) is 25.1 Å². The van der Waals surface area contributed by atoms with Crippen molar-refractivity contribution in [3.63, 3.8) is 0 Å². The van der Waals surface area contributed by atoms with Crippen molar-refractivity contribution in [3.05, 3.63) is 59.4 Å². The molecular weight excluding hydrogens is 306 g/mol. The van der Waals surface area contributed by atoms with Crippen LogP contribution in [0.3, 0.4) is 0 Å². The molecule has 6 heteroatoms. The molecular formula is C18H19N3O3. The van der Waals surface area contributed by atoms with Crippen molar-refractivity contribution in [1.82, 2.24) is 10.5 Å². The summed E-state index contributed by atoms with van der Waals surface area (Å²) in [5.74, 6) is 0.855. The number of nitrogen functional groups attached to an aromatic ring is 1. The molecule has 0 aliphatic carbocycles. The number of hydrogen-bond acceptors (Lipinski definition) is 5. The summed E-state index contributed by atoms with van der Waals surface area (Å²) in [6.45, 7) is 2.35. The van der Waals surface area contributed by atoms with Crippen LogP contribution in [0.2, 0.25) is 0 Å².